The van der Waals surface area contributed by atoms with Gasteiger partial charge in [-0.05, 0) is 0 Å². The van der Waals surface area contributed by atoms with Gasteiger partial charge in [-0.15, -0.1) is 0 Å². The summed E-state index contributed by atoms with van der Waals surface area (Å²) in [6.07, 6.45) is 2.43. The van der Waals surface area contributed by atoms with Crippen molar-refractivity contribution in [3.8, 4) is 0 Å². The van der Waals surface area contributed by atoms with E-state index in [-0.39, 0.29) is 0 Å². The summed E-state index contributed by atoms with van der Waals surface area (Å²) in [5.41, 5.74) is 0. The summed E-state index contributed by atoms with van der Waals surface area (Å²) in [5, 5.41) is 0. The van der Waals surface area contributed by atoms with Crippen LogP contribution in [0, 0.1) is 0 Å². The van der Waals surface area contributed by atoms with Crippen LogP contribution in [0.5, 0.6) is 0 Å². The predicted octanol–water partition coefficient (Wildman–Crippen LogP) is 1.69. The first-order valence-corrected chi connectivity index (χ1v) is 25.0. The van der Waals surface area contributed by atoms with E-state index in [1.54, 1.807) is 0 Å². The summed E-state index contributed by atoms with van der Waals surface area (Å²) in [6, 6.07) is 0. The Hall–Kier alpha value is 1.95. The van der Waals surface area contributed by atoms with Crippen LogP contribution >= 0.6 is 6.13 Å². The molecular weight excluding hydrogens is 318 g/mol. The first-order chi connectivity index (χ1) is 3.13. The number of rotatable bonds is 2. The Morgan fingerprint density at radius 3 is 1.14 bits per heavy atom. The van der Waals surface area contributed by atoms with Crippen LogP contribution in [-0.4, -0.2) is 36.8 Å². The van der Waals surface area contributed by atoms with E-state index in [9.17, 15) is 0 Å². The van der Waals surface area contributed by atoms with Crippen molar-refractivity contribution in [3.63, 3.8) is 0 Å². The van der Waals surface area contributed by atoms with Gasteiger partial charge in [-0.2, -0.15) is 0 Å². The SMILES string of the molecule is [CH3][SnH]([CH3])[S][SnH]([CH3])[CH3]. The van der Waals surface area contributed by atoms with Crippen LogP contribution in [0.25, 0.3) is 0 Å². The van der Waals surface area contributed by atoms with Crippen LogP contribution in [0.1, 0.15) is 0 Å². The Morgan fingerprint density at radius 1 is 0.857 bits per heavy atom. The molecule has 0 rings (SSSR count). The van der Waals surface area contributed by atoms with Crippen molar-refractivity contribution in [1.29, 1.82) is 0 Å². The third-order valence-corrected chi connectivity index (χ3v) is 73.5. The van der Waals surface area contributed by atoms with Gasteiger partial charge in [0.15, 0.2) is 0 Å². The zero-order chi connectivity index (χ0) is 5.86. The third kappa shape index (κ3) is 7.95. The minimum atomic E-state index is -0.783. The average molecular weight is 332 g/mol. The minimum absolute atomic E-state index is 0.783. The number of hydrogen-bond acceptors (Lipinski definition) is 1. The van der Waals surface area contributed by atoms with E-state index in [1.807, 2.05) is 0 Å². The molecule has 0 aliphatic rings. The maximum absolute atomic E-state index is 2.49. The van der Waals surface area contributed by atoms with Gasteiger partial charge in [-0.3, -0.25) is 0 Å². The van der Waals surface area contributed by atoms with Crippen molar-refractivity contribution in [1.82, 2.24) is 0 Å². The monoisotopic (exact) mass is 334 g/mol. The topological polar surface area (TPSA) is 0 Å². The molecule has 0 aliphatic heterocycles. The van der Waals surface area contributed by atoms with Gasteiger partial charge in [0.1, 0.15) is 0 Å². The molecule has 0 aliphatic carbocycles. The fraction of sp³-hybridized carbons (Fsp3) is 1.00. The zero-order valence-corrected chi connectivity index (χ0v) is 13.0. The van der Waals surface area contributed by atoms with E-state index in [0.717, 1.165) is 0 Å². The Bertz CT molecular complexity index is 39.0. The van der Waals surface area contributed by atoms with Crippen LogP contribution < -0.4 is 0 Å². The first kappa shape index (κ1) is 8.95. The molecule has 0 aromatic heterocycles. The van der Waals surface area contributed by atoms with Gasteiger partial charge < -0.3 is 0 Å². The molecule has 0 radical (unpaired) electrons. The fourth-order valence-corrected chi connectivity index (χ4v) is 73.5. The molecule has 0 spiro atoms. The van der Waals surface area contributed by atoms with E-state index < -0.39 is 36.8 Å². The first-order valence-electron chi connectivity index (χ1n) is 2.78. The van der Waals surface area contributed by atoms with Gasteiger partial charge in [-0.1, -0.05) is 0 Å². The molecule has 0 aromatic rings. The van der Waals surface area contributed by atoms with Crippen LogP contribution in [0.4, 0.5) is 0 Å². The van der Waals surface area contributed by atoms with Crippen molar-refractivity contribution < 1.29 is 0 Å². The van der Waals surface area contributed by atoms with Crippen molar-refractivity contribution >= 4 is 42.9 Å². The summed E-state index contributed by atoms with van der Waals surface area (Å²) in [5.74, 6) is 0. The summed E-state index contributed by atoms with van der Waals surface area (Å²) in [6.45, 7) is 0. The quantitative estimate of drug-likeness (QED) is 0.694. The standard InChI is InChI=1S/4CH3.S.2Sn.2H/h4*1H3;;;;;. The second-order valence-corrected chi connectivity index (χ2v) is 45.1. The molecule has 0 heterocycles. The van der Waals surface area contributed by atoms with E-state index in [1.165, 1.54) is 0 Å². The molecule has 0 N–H and O–H groups in total. The van der Waals surface area contributed by atoms with Gasteiger partial charge in [0, 0.05) is 0 Å². The molecule has 0 amide bonds. The van der Waals surface area contributed by atoms with Crippen molar-refractivity contribution in [2.45, 2.75) is 19.8 Å². The summed E-state index contributed by atoms with van der Waals surface area (Å²) < 4.78 is 0. The van der Waals surface area contributed by atoms with Gasteiger partial charge in [0.05, 0.1) is 0 Å². The third-order valence-electron chi connectivity index (χ3n) is 0.544. The predicted molar refractivity (Wildman–Crippen MR) is 45.3 cm³/mol. The van der Waals surface area contributed by atoms with Gasteiger partial charge in [-0.25, -0.2) is 0 Å². The average Bonchev–Trinajstić information content (AvgIpc) is 1.27. The van der Waals surface area contributed by atoms with Crippen molar-refractivity contribution in [2.24, 2.45) is 0 Å². The molecule has 0 fully saturated rings. The summed E-state index contributed by atoms with van der Waals surface area (Å²) in [4.78, 5) is 9.96. The van der Waals surface area contributed by atoms with Crippen LogP contribution in [0.3, 0.4) is 0 Å². The molecule has 0 bridgehead atoms. The summed E-state index contributed by atoms with van der Waals surface area (Å²) in [7, 11) is 0. The van der Waals surface area contributed by atoms with Gasteiger partial charge in [0.2, 0.25) is 0 Å². The molecule has 0 saturated carbocycles. The molecule has 0 aromatic carbocycles. The van der Waals surface area contributed by atoms with E-state index in [4.69, 9.17) is 0 Å². The van der Waals surface area contributed by atoms with E-state index >= 15 is 0 Å². The maximum atomic E-state index is 2.49. The molecule has 0 unspecified atom stereocenters. The number of hydrogen-bond donors (Lipinski definition) is 0. The summed E-state index contributed by atoms with van der Waals surface area (Å²) >= 11 is -1.57. The Labute approximate surface area is 61.8 Å². The molecule has 0 saturated heterocycles. The van der Waals surface area contributed by atoms with Gasteiger partial charge >= 0.3 is 62.6 Å². The molecule has 44 valence electrons. The normalized spacial score (nSPS) is 11.1. The van der Waals surface area contributed by atoms with Gasteiger partial charge in [0.25, 0.3) is 0 Å². The van der Waals surface area contributed by atoms with Crippen LogP contribution in [-0.2, 0) is 0 Å². The molecule has 0 nitrogen and oxygen atoms in total. The molecule has 0 atom stereocenters. The zero-order valence-electron chi connectivity index (χ0n) is 5.56. The van der Waals surface area contributed by atoms with E-state index in [2.05, 4.69) is 25.9 Å². The molecule has 3 heteroatoms. The Kier molecular flexibility index (Phi) is 6.12. The molecule has 7 heavy (non-hydrogen) atoms. The van der Waals surface area contributed by atoms with Crippen LogP contribution in [0.2, 0.25) is 19.8 Å². The van der Waals surface area contributed by atoms with Crippen LogP contribution in [0.15, 0.2) is 0 Å². The second-order valence-electron chi connectivity index (χ2n) is 2.23. The fourth-order valence-electron chi connectivity index (χ4n) is 0.544. The Balaban J connectivity index is 2.95. The Morgan fingerprint density at radius 2 is 1.14 bits per heavy atom. The van der Waals surface area contributed by atoms with Crippen molar-refractivity contribution in [3.05, 3.63) is 0 Å². The van der Waals surface area contributed by atoms with E-state index in [0.29, 0.717) is 0 Å². The molecular formula is C4H14SSn2. The second kappa shape index (κ2) is 4.79. The van der Waals surface area contributed by atoms with Crippen molar-refractivity contribution in [2.75, 3.05) is 0 Å².